The van der Waals surface area contributed by atoms with E-state index in [1.807, 2.05) is 32.9 Å². The van der Waals surface area contributed by atoms with Crippen LogP contribution in [0.1, 0.15) is 86.8 Å². The van der Waals surface area contributed by atoms with Crippen molar-refractivity contribution in [3.8, 4) is 0 Å². The number of carbonyl (C=O) groups is 2. The van der Waals surface area contributed by atoms with Crippen molar-refractivity contribution < 1.29 is 56.4 Å². The van der Waals surface area contributed by atoms with E-state index in [-0.39, 0.29) is 44.2 Å². The predicted octanol–water partition coefficient (Wildman–Crippen LogP) is 6.09. The first-order valence-corrected chi connectivity index (χ1v) is 20.2. The predicted molar refractivity (Wildman–Crippen MR) is 193 cm³/mol. The lowest BCUT2D eigenvalue weighted by atomic mass is 10.0. The Bertz CT molecular complexity index is 1640. The van der Waals surface area contributed by atoms with Crippen LogP contribution >= 0.6 is 19.2 Å². The van der Waals surface area contributed by atoms with E-state index in [1.165, 1.54) is 7.11 Å². The molecule has 0 radical (unpaired) electrons. The zero-order valence-corrected chi connectivity index (χ0v) is 33.8. The van der Waals surface area contributed by atoms with Crippen LogP contribution in [-0.4, -0.2) is 114 Å². The summed E-state index contributed by atoms with van der Waals surface area (Å²) in [5.74, 6) is -1.56. The molecule has 0 N–H and O–H groups in total. The van der Waals surface area contributed by atoms with Crippen LogP contribution in [0.15, 0.2) is 12.1 Å². The van der Waals surface area contributed by atoms with Gasteiger partial charge >= 0.3 is 19.7 Å². The van der Waals surface area contributed by atoms with Crippen LogP contribution in [0.3, 0.4) is 0 Å². The smallest absolute Gasteiger partial charge is 0.416 e. The minimum atomic E-state index is -4.32. The molecule has 0 spiro atoms. The standard InChI is InChI=1S/C35H54ClN4O12P/c1-10-45-30(41)35(21-44-9,53(43,47-11-2)48-12-3)46-20-26-28-27(50-34(7,8)51-28)25(49-26)19-23-17-18-24-29(37-31(36)38-40(23)24)39(22-15-13-14-16-22)32(42)52-33(4,5)6/h17-18,22,25-28H,10-16,19-21H2,1-9H3/t25-,26-,27+,28-,35?/m1/s1. The molecule has 0 bridgehead atoms. The zero-order chi connectivity index (χ0) is 38.8. The highest BCUT2D eigenvalue weighted by Crippen LogP contribution is 2.61. The van der Waals surface area contributed by atoms with Crippen LogP contribution in [0.5, 0.6) is 0 Å². The molecule has 3 aliphatic rings. The molecule has 0 aromatic carbocycles. The van der Waals surface area contributed by atoms with Crippen LogP contribution in [0.4, 0.5) is 10.6 Å². The number of hydrogen-bond donors (Lipinski definition) is 0. The van der Waals surface area contributed by atoms with Crippen molar-refractivity contribution in [3.05, 3.63) is 23.1 Å². The molecule has 2 aliphatic heterocycles. The maximum Gasteiger partial charge on any atom is 0.416 e. The molecule has 53 heavy (non-hydrogen) atoms. The zero-order valence-electron chi connectivity index (χ0n) is 32.1. The van der Waals surface area contributed by atoms with E-state index >= 15 is 0 Å². The number of halogens is 1. The Balaban J connectivity index is 1.46. The maximum atomic E-state index is 14.3. The molecular formula is C35H54ClN4O12P. The summed E-state index contributed by atoms with van der Waals surface area (Å²) in [6, 6.07) is 3.61. The van der Waals surface area contributed by atoms with Gasteiger partial charge in [-0.3, -0.25) is 9.46 Å². The molecule has 5 rings (SSSR count). The highest BCUT2D eigenvalue weighted by Gasteiger charge is 2.62. The fraction of sp³-hybridized carbons (Fsp3) is 0.771. The first-order valence-electron chi connectivity index (χ1n) is 18.3. The molecule has 1 amide bonds. The Labute approximate surface area is 315 Å². The van der Waals surface area contributed by atoms with Crippen molar-refractivity contribution >= 4 is 42.6 Å². The lowest BCUT2D eigenvalue weighted by Crippen LogP contribution is -2.50. The number of aromatic nitrogens is 3. The first kappa shape index (κ1) is 41.8. The van der Waals surface area contributed by atoms with Crippen molar-refractivity contribution in [3.63, 3.8) is 0 Å². The molecule has 2 aromatic rings. The highest BCUT2D eigenvalue weighted by atomic mass is 35.5. The van der Waals surface area contributed by atoms with Crippen LogP contribution < -0.4 is 4.90 Å². The minimum absolute atomic E-state index is 0.0134. The van der Waals surface area contributed by atoms with E-state index in [2.05, 4.69) is 10.1 Å². The average molecular weight is 789 g/mol. The van der Waals surface area contributed by atoms with E-state index in [0.717, 1.165) is 25.7 Å². The number of methoxy groups -OCH3 is 1. The Kier molecular flexibility index (Phi) is 13.2. The molecule has 4 heterocycles. The largest absolute Gasteiger partial charge is 0.463 e. The number of carbonyl (C=O) groups excluding carboxylic acids is 2. The summed E-state index contributed by atoms with van der Waals surface area (Å²) in [6.07, 6.45) is 0.777. The molecule has 5 atom stereocenters. The van der Waals surface area contributed by atoms with Gasteiger partial charge in [0.2, 0.25) is 5.28 Å². The van der Waals surface area contributed by atoms with Crippen molar-refractivity contribution in [1.82, 2.24) is 14.6 Å². The molecule has 16 nitrogen and oxygen atoms in total. The minimum Gasteiger partial charge on any atom is -0.463 e. The van der Waals surface area contributed by atoms with Gasteiger partial charge in [0.1, 0.15) is 29.4 Å². The number of anilines is 1. The molecule has 18 heteroatoms. The van der Waals surface area contributed by atoms with Gasteiger partial charge in [0.05, 0.1) is 39.1 Å². The Hall–Kier alpha value is -2.40. The van der Waals surface area contributed by atoms with Gasteiger partial charge in [-0.05, 0) is 92.0 Å². The summed E-state index contributed by atoms with van der Waals surface area (Å²) in [4.78, 5) is 33.4. The molecule has 1 saturated carbocycles. The van der Waals surface area contributed by atoms with Crippen LogP contribution in [-0.2, 0) is 58.0 Å². The molecular weight excluding hydrogens is 735 g/mol. The monoisotopic (exact) mass is 788 g/mol. The second-order valence-corrected chi connectivity index (χ2v) is 17.3. The number of hydrogen-bond acceptors (Lipinski definition) is 14. The number of esters is 1. The number of nitrogens with zero attached hydrogens (tertiary/aromatic N) is 4. The average Bonchev–Trinajstić information content (AvgIpc) is 3.85. The van der Waals surface area contributed by atoms with Crippen LogP contribution in [0, 0.1) is 0 Å². The second kappa shape index (κ2) is 16.8. The normalized spacial score (nSPS) is 24.3. The molecule has 2 saturated heterocycles. The summed E-state index contributed by atoms with van der Waals surface area (Å²) in [5.41, 5.74) is 0.559. The molecule has 1 aliphatic carbocycles. The summed E-state index contributed by atoms with van der Waals surface area (Å²) in [7, 11) is -2.98. The third-order valence-corrected chi connectivity index (χ3v) is 11.9. The van der Waals surface area contributed by atoms with Crippen molar-refractivity contribution in [2.24, 2.45) is 0 Å². The molecule has 298 valence electrons. The molecule has 1 unspecified atom stereocenters. The topological polar surface area (TPSA) is 168 Å². The van der Waals surface area contributed by atoms with Crippen molar-refractivity contribution in [1.29, 1.82) is 0 Å². The first-order chi connectivity index (χ1) is 25.0. The van der Waals surface area contributed by atoms with Gasteiger partial charge in [0.25, 0.3) is 5.34 Å². The van der Waals surface area contributed by atoms with E-state index in [1.54, 1.807) is 44.0 Å². The second-order valence-electron chi connectivity index (χ2n) is 14.7. The van der Waals surface area contributed by atoms with Crippen LogP contribution in [0.2, 0.25) is 5.28 Å². The van der Waals surface area contributed by atoms with Gasteiger partial charge in [-0.2, -0.15) is 4.98 Å². The lowest BCUT2D eigenvalue weighted by Gasteiger charge is -2.36. The van der Waals surface area contributed by atoms with E-state index in [9.17, 15) is 14.2 Å². The van der Waals surface area contributed by atoms with Gasteiger partial charge in [-0.15, -0.1) is 5.10 Å². The number of rotatable bonds is 16. The SMILES string of the molecule is CCOC(=O)C(COC)(OC[C@H]1O[C@H](Cc2ccc3c(N(C(=O)OC(C)(C)C)C4CCCC4)nc(Cl)nn23)[C@@H]2OC(C)(C)O[C@@H]21)P(=O)(OCC)OCC. The lowest BCUT2D eigenvalue weighted by molar-refractivity contribution is -0.200. The number of fused-ring (bicyclic) bond motifs is 2. The van der Waals surface area contributed by atoms with Crippen LogP contribution in [0.25, 0.3) is 5.52 Å². The number of amides is 1. The van der Waals surface area contributed by atoms with Gasteiger partial charge in [-0.1, -0.05) is 12.8 Å². The molecule has 2 aromatic heterocycles. The maximum absolute atomic E-state index is 14.3. The van der Waals surface area contributed by atoms with Crippen molar-refractivity contribution in [2.75, 3.05) is 45.0 Å². The third kappa shape index (κ3) is 8.86. The van der Waals surface area contributed by atoms with Gasteiger partial charge in [-0.25, -0.2) is 14.1 Å². The third-order valence-electron chi connectivity index (χ3n) is 9.17. The quantitative estimate of drug-likeness (QED) is 0.142. The van der Waals surface area contributed by atoms with E-state index < -0.39 is 67.4 Å². The summed E-state index contributed by atoms with van der Waals surface area (Å²) in [5, 5.41) is 2.22. The molecule has 3 fully saturated rings. The summed E-state index contributed by atoms with van der Waals surface area (Å²) < 4.78 is 69.2. The fourth-order valence-electron chi connectivity index (χ4n) is 7.17. The van der Waals surface area contributed by atoms with E-state index in [0.29, 0.717) is 17.0 Å². The van der Waals surface area contributed by atoms with Gasteiger partial charge in [0, 0.05) is 25.3 Å². The Morgan fingerprint density at radius 3 is 2.26 bits per heavy atom. The summed E-state index contributed by atoms with van der Waals surface area (Å²) >= 11 is 6.54. The van der Waals surface area contributed by atoms with Crippen molar-refractivity contribution in [2.45, 2.75) is 135 Å². The summed E-state index contributed by atoms with van der Waals surface area (Å²) in [6.45, 7) is 13.1. The Morgan fingerprint density at radius 2 is 1.68 bits per heavy atom. The van der Waals surface area contributed by atoms with Gasteiger partial charge in [0.15, 0.2) is 11.6 Å². The van der Waals surface area contributed by atoms with Gasteiger partial charge < -0.3 is 42.2 Å². The highest BCUT2D eigenvalue weighted by molar-refractivity contribution is 7.56. The number of ether oxygens (including phenoxy) is 7. The van der Waals surface area contributed by atoms with E-state index in [4.69, 9.17) is 53.8 Å². The fourth-order valence-corrected chi connectivity index (χ4v) is 9.31. The Morgan fingerprint density at radius 1 is 1.04 bits per heavy atom.